The number of aromatic nitrogens is 2. The number of nitrogen functional groups attached to an aromatic ring is 1. The van der Waals surface area contributed by atoms with Crippen LogP contribution in [-0.4, -0.2) is 32.3 Å². The fourth-order valence-corrected chi connectivity index (χ4v) is 6.88. The molecular weight excluding hydrogens is 467 g/mol. The molecule has 0 saturated heterocycles. The maximum atomic E-state index is 13.2. The Hall–Kier alpha value is -2.27. The van der Waals surface area contributed by atoms with Crippen LogP contribution in [0.25, 0.3) is 10.2 Å². The zero-order valence-electron chi connectivity index (χ0n) is 16.9. The molecule has 1 aliphatic rings. The van der Waals surface area contributed by atoms with Gasteiger partial charge >= 0.3 is 0 Å². The predicted octanol–water partition coefficient (Wildman–Crippen LogP) is 5.48. The van der Waals surface area contributed by atoms with Crippen LogP contribution in [0.15, 0.2) is 45.3 Å². The monoisotopic (exact) mass is 485 g/mol. The Morgan fingerprint density at radius 3 is 2.77 bits per heavy atom. The maximum absolute atomic E-state index is 13.2. The van der Waals surface area contributed by atoms with Crippen LogP contribution >= 0.6 is 45.8 Å². The average Bonchev–Trinajstić information content (AvgIpc) is 3.53. The number of hydrazone groups is 1. The summed E-state index contributed by atoms with van der Waals surface area (Å²) in [5, 5.41) is 11.8. The summed E-state index contributed by atoms with van der Waals surface area (Å²) in [6.07, 6.45) is 0.723. The van der Waals surface area contributed by atoms with Gasteiger partial charge in [-0.2, -0.15) is 5.10 Å². The number of fused-ring (bicyclic) bond motifs is 1. The fraction of sp³-hybridized carbons (Fsp3) is 0.238. The maximum Gasteiger partial charge on any atom is 0.253 e. The Balaban J connectivity index is 1.37. The second-order valence-electron chi connectivity index (χ2n) is 7.14. The number of hydrogen-bond donors (Lipinski definition) is 1. The Labute approximate surface area is 195 Å². The molecule has 1 amide bonds. The minimum atomic E-state index is -0.0683. The summed E-state index contributed by atoms with van der Waals surface area (Å²) in [5.41, 5.74) is 8.26. The molecule has 4 aromatic heterocycles. The lowest BCUT2D eigenvalue weighted by molar-refractivity contribution is -0.130. The van der Waals surface area contributed by atoms with Gasteiger partial charge in [-0.1, -0.05) is 23.9 Å². The average molecular weight is 486 g/mol. The molecule has 10 heteroatoms. The third-order valence-electron chi connectivity index (χ3n) is 5.20. The first kappa shape index (κ1) is 20.6. The molecule has 4 aromatic rings. The van der Waals surface area contributed by atoms with Crippen molar-refractivity contribution in [2.75, 3.05) is 11.5 Å². The van der Waals surface area contributed by atoms with Gasteiger partial charge in [0.25, 0.3) is 5.91 Å². The zero-order valence-corrected chi connectivity index (χ0v) is 20.1. The number of carbonyl (C=O) groups is 1. The summed E-state index contributed by atoms with van der Waals surface area (Å²) in [7, 11) is 0. The van der Waals surface area contributed by atoms with E-state index in [2.05, 4.69) is 29.0 Å². The van der Waals surface area contributed by atoms with E-state index >= 15 is 0 Å². The second-order valence-corrected chi connectivity index (χ2v) is 11.2. The smallest absolute Gasteiger partial charge is 0.253 e. The Kier molecular flexibility index (Phi) is 5.55. The molecule has 1 atom stereocenters. The van der Waals surface area contributed by atoms with Crippen LogP contribution in [0.2, 0.25) is 0 Å². The van der Waals surface area contributed by atoms with Gasteiger partial charge in [0.2, 0.25) is 0 Å². The third-order valence-corrected chi connectivity index (χ3v) is 9.03. The van der Waals surface area contributed by atoms with E-state index in [0.717, 1.165) is 37.7 Å². The van der Waals surface area contributed by atoms with Gasteiger partial charge in [-0.05, 0) is 42.3 Å². The lowest BCUT2D eigenvalue weighted by Gasteiger charge is -2.20. The number of carbonyl (C=O) groups excluding carboxylic acids is 1. The van der Waals surface area contributed by atoms with Gasteiger partial charge in [-0.3, -0.25) is 4.79 Å². The molecule has 0 spiro atoms. The van der Waals surface area contributed by atoms with E-state index in [1.165, 1.54) is 16.6 Å². The van der Waals surface area contributed by atoms with Crippen LogP contribution in [0.3, 0.4) is 0 Å². The van der Waals surface area contributed by atoms with Crippen molar-refractivity contribution in [3.8, 4) is 0 Å². The fourth-order valence-electron chi connectivity index (χ4n) is 3.55. The third kappa shape index (κ3) is 3.89. The van der Waals surface area contributed by atoms with E-state index in [-0.39, 0.29) is 17.7 Å². The van der Waals surface area contributed by atoms with Crippen LogP contribution < -0.4 is 5.73 Å². The van der Waals surface area contributed by atoms with Crippen molar-refractivity contribution < 1.29 is 4.79 Å². The van der Waals surface area contributed by atoms with Gasteiger partial charge in [0.15, 0.2) is 5.16 Å². The van der Waals surface area contributed by atoms with Gasteiger partial charge in [-0.25, -0.2) is 15.0 Å². The minimum Gasteiger partial charge on any atom is -0.383 e. The van der Waals surface area contributed by atoms with Gasteiger partial charge in [0.1, 0.15) is 10.6 Å². The van der Waals surface area contributed by atoms with Gasteiger partial charge < -0.3 is 5.73 Å². The quantitative estimate of drug-likeness (QED) is 0.299. The number of amides is 1. The van der Waals surface area contributed by atoms with Crippen LogP contribution in [0.5, 0.6) is 0 Å². The molecule has 6 nitrogen and oxygen atoms in total. The number of thiophene rings is 3. The van der Waals surface area contributed by atoms with Crippen molar-refractivity contribution in [1.29, 1.82) is 0 Å². The number of nitrogens with two attached hydrogens (primary N) is 1. The van der Waals surface area contributed by atoms with Crippen molar-refractivity contribution in [2.45, 2.75) is 31.5 Å². The lowest BCUT2D eigenvalue weighted by atomic mass is 10.1. The predicted molar refractivity (Wildman–Crippen MR) is 131 cm³/mol. The van der Waals surface area contributed by atoms with Crippen molar-refractivity contribution in [1.82, 2.24) is 15.0 Å². The molecule has 5 rings (SSSR count). The molecule has 2 N–H and O–H groups in total. The van der Waals surface area contributed by atoms with Crippen LogP contribution in [-0.2, 0) is 4.79 Å². The first-order chi connectivity index (χ1) is 15.0. The Morgan fingerprint density at radius 1 is 1.23 bits per heavy atom. The number of anilines is 1. The molecule has 1 aliphatic heterocycles. The van der Waals surface area contributed by atoms with Crippen molar-refractivity contribution in [3.05, 3.63) is 55.2 Å². The van der Waals surface area contributed by atoms with Crippen LogP contribution in [0.4, 0.5) is 5.82 Å². The molecule has 0 bridgehead atoms. The van der Waals surface area contributed by atoms with Gasteiger partial charge in [0, 0.05) is 16.2 Å². The van der Waals surface area contributed by atoms with Crippen molar-refractivity contribution in [2.24, 2.45) is 5.10 Å². The molecule has 0 aromatic carbocycles. The molecule has 0 saturated carbocycles. The lowest BCUT2D eigenvalue weighted by Crippen LogP contribution is -2.28. The second kappa shape index (κ2) is 8.34. The van der Waals surface area contributed by atoms with E-state index in [1.807, 2.05) is 29.8 Å². The summed E-state index contributed by atoms with van der Waals surface area (Å²) in [6, 6.07) is 8.07. The van der Waals surface area contributed by atoms with Crippen molar-refractivity contribution >= 4 is 73.4 Å². The van der Waals surface area contributed by atoms with E-state index in [1.54, 1.807) is 39.0 Å². The minimum absolute atomic E-state index is 0.0595. The largest absolute Gasteiger partial charge is 0.383 e. The molecule has 5 heterocycles. The van der Waals surface area contributed by atoms with E-state index in [9.17, 15) is 4.79 Å². The summed E-state index contributed by atoms with van der Waals surface area (Å²) in [5.74, 6) is 0.616. The number of rotatable bonds is 5. The van der Waals surface area contributed by atoms with Crippen LogP contribution in [0.1, 0.15) is 32.7 Å². The van der Waals surface area contributed by atoms with Crippen molar-refractivity contribution in [3.63, 3.8) is 0 Å². The highest BCUT2D eigenvalue weighted by atomic mass is 32.2. The number of nitrogens with zero attached hydrogens (tertiary/aromatic N) is 4. The molecule has 0 radical (unpaired) electrons. The SMILES string of the molecule is Cc1sc2nc(SCC(=O)N3N=C(c4cccs4)CC3c3cccs3)nc(N)c2c1C. The van der Waals surface area contributed by atoms with Crippen LogP contribution in [0, 0.1) is 13.8 Å². The first-order valence-electron chi connectivity index (χ1n) is 9.64. The van der Waals surface area contributed by atoms with Gasteiger partial charge in [-0.15, -0.1) is 34.0 Å². The summed E-state index contributed by atoms with van der Waals surface area (Å²) >= 11 is 6.21. The molecule has 1 unspecified atom stereocenters. The highest BCUT2D eigenvalue weighted by Crippen LogP contribution is 2.37. The number of aryl methyl sites for hydroxylation is 2. The molecule has 0 fully saturated rings. The molecule has 0 aliphatic carbocycles. The number of hydrogen-bond acceptors (Lipinski definition) is 9. The summed E-state index contributed by atoms with van der Waals surface area (Å²) in [4.78, 5) is 26.5. The Bertz CT molecular complexity index is 1280. The molecular formula is C21H19N5OS4. The highest BCUT2D eigenvalue weighted by molar-refractivity contribution is 7.99. The standard InChI is InChI=1S/C21H19N5OS4/c1-11-12(2)31-20-18(11)19(22)23-21(24-20)30-10-17(27)26-14(16-6-4-8-29-16)9-13(25-26)15-5-3-7-28-15/h3-8,14H,9-10H2,1-2H3,(H2,22,23,24). The van der Waals surface area contributed by atoms with E-state index in [4.69, 9.17) is 10.8 Å². The van der Waals surface area contributed by atoms with E-state index in [0.29, 0.717) is 11.0 Å². The molecule has 158 valence electrons. The zero-order chi connectivity index (χ0) is 21.5. The van der Waals surface area contributed by atoms with Gasteiger partial charge in [0.05, 0.1) is 27.8 Å². The number of thioether (sulfide) groups is 1. The normalized spacial score (nSPS) is 16.3. The molecule has 31 heavy (non-hydrogen) atoms. The van der Waals surface area contributed by atoms with E-state index < -0.39 is 0 Å². The summed E-state index contributed by atoms with van der Waals surface area (Å²) < 4.78 is 0. The topological polar surface area (TPSA) is 84.5 Å². The first-order valence-corrected chi connectivity index (χ1v) is 13.2. The summed E-state index contributed by atoms with van der Waals surface area (Å²) in [6.45, 7) is 4.09. The Morgan fingerprint density at radius 2 is 2.03 bits per heavy atom. The highest BCUT2D eigenvalue weighted by Gasteiger charge is 2.34.